The summed E-state index contributed by atoms with van der Waals surface area (Å²) in [7, 11) is 2.11. The van der Waals surface area contributed by atoms with Crippen LogP contribution in [0.1, 0.15) is 52.4 Å². The molecule has 0 heterocycles. The van der Waals surface area contributed by atoms with Gasteiger partial charge in [-0.15, -0.1) is 0 Å². The van der Waals surface area contributed by atoms with Crippen LogP contribution in [0.15, 0.2) is 0 Å². The van der Waals surface area contributed by atoms with Gasteiger partial charge in [-0.25, -0.2) is 0 Å². The molecule has 1 nitrogen and oxygen atoms in total. The Morgan fingerprint density at radius 2 is 1.75 bits per heavy atom. The van der Waals surface area contributed by atoms with Gasteiger partial charge in [0.15, 0.2) is 0 Å². The van der Waals surface area contributed by atoms with Crippen LogP contribution in [0.4, 0.5) is 0 Å². The van der Waals surface area contributed by atoms with Crippen molar-refractivity contribution >= 4 is 0 Å². The minimum atomic E-state index is 0.509. The second kappa shape index (κ2) is 4.27. The Labute approximate surface area is 76.9 Å². The maximum absolute atomic E-state index is 3.46. The Morgan fingerprint density at radius 1 is 1.08 bits per heavy atom. The van der Waals surface area contributed by atoms with E-state index < -0.39 is 0 Å². The van der Waals surface area contributed by atoms with Crippen LogP contribution in [0.2, 0.25) is 0 Å². The van der Waals surface area contributed by atoms with Crippen molar-refractivity contribution in [1.29, 1.82) is 0 Å². The maximum atomic E-state index is 3.46. The Balaban J connectivity index is 2.52. The maximum Gasteiger partial charge on any atom is 0.0115 e. The fourth-order valence-electron chi connectivity index (χ4n) is 2.38. The van der Waals surface area contributed by atoms with Gasteiger partial charge < -0.3 is 5.32 Å². The molecule has 0 saturated heterocycles. The van der Waals surface area contributed by atoms with Crippen LogP contribution < -0.4 is 5.32 Å². The molecule has 0 aromatic heterocycles. The minimum Gasteiger partial charge on any atom is -0.316 e. The summed E-state index contributed by atoms with van der Waals surface area (Å²) in [6, 6.07) is 0.734. The first-order valence-corrected chi connectivity index (χ1v) is 5.34. The topological polar surface area (TPSA) is 12.0 Å². The third kappa shape index (κ3) is 2.48. The highest BCUT2D eigenvalue weighted by Crippen LogP contribution is 2.32. The predicted octanol–water partition coefficient (Wildman–Crippen LogP) is 2.95. The van der Waals surface area contributed by atoms with Crippen molar-refractivity contribution in [2.75, 3.05) is 7.05 Å². The Hall–Kier alpha value is -0.0400. The van der Waals surface area contributed by atoms with E-state index in [9.17, 15) is 0 Å². The van der Waals surface area contributed by atoms with Crippen molar-refractivity contribution in [2.45, 2.75) is 58.4 Å². The Kier molecular flexibility index (Phi) is 3.57. The zero-order valence-corrected chi connectivity index (χ0v) is 8.82. The summed E-state index contributed by atoms with van der Waals surface area (Å²) in [6.07, 6.45) is 8.47. The van der Waals surface area contributed by atoms with Gasteiger partial charge in [-0.2, -0.15) is 0 Å². The molecule has 1 unspecified atom stereocenters. The van der Waals surface area contributed by atoms with E-state index in [0.717, 1.165) is 6.04 Å². The van der Waals surface area contributed by atoms with Gasteiger partial charge in [0.05, 0.1) is 0 Å². The molecule has 1 saturated carbocycles. The van der Waals surface area contributed by atoms with Crippen molar-refractivity contribution in [1.82, 2.24) is 5.32 Å². The molecule has 0 amide bonds. The number of nitrogens with one attached hydrogen (secondary N) is 1. The van der Waals surface area contributed by atoms with Gasteiger partial charge in [-0.3, -0.25) is 0 Å². The molecule has 1 aliphatic rings. The summed E-state index contributed by atoms with van der Waals surface area (Å²) in [5.74, 6) is 0. The van der Waals surface area contributed by atoms with E-state index in [1.807, 2.05) is 0 Å². The lowest BCUT2D eigenvalue weighted by atomic mass is 9.76. The molecule has 12 heavy (non-hydrogen) atoms. The van der Waals surface area contributed by atoms with Gasteiger partial charge in [0, 0.05) is 6.04 Å². The van der Waals surface area contributed by atoms with Gasteiger partial charge in [0.25, 0.3) is 0 Å². The quantitative estimate of drug-likeness (QED) is 0.636. The largest absolute Gasteiger partial charge is 0.316 e. The molecule has 0 aromatic rings. The molecule has 72 valence electrons. The molecule has 0 spiro atoms. The average Bonchev–Trinajstić information content (AvgIpc) is 1.99. The lowest BCUT2D eigenvalue weighted by molar-refractivity contribution is 0.197. The van der Waals surface area contributed by atoms with Crippen molar-refractivity contribution in [3.05, 3.63) is 0 Å². The molecule has 0 bridgehead atoms. The van der Waals surface area contributed by atoms with Gasteiger partial charge in [-0.05, 0) is 25.3 Å². The standard InChI is InChI=1S/C11H23N/c1-11(2)9-7-5-4-6-8-10(11)12-3/h10,12H,4-9H2,1-3H3. The van der Waals surface area contributed by atoms with Crippen molar-refractivity contribution in [2.24, 2.45) is 5.41 Å². The van der Waals surface area contributed by atoms with Crippen LogP contribution in [0.5, 0.6) is 0 Å². The zero-order valence-electron chi connectivity index (χ0n) is 8.82. The summed E-state index contributed by atoms with van der Waals surface area (Å²) in [4.78, 5) is 0. The third-order valence-corrected chi connectivity index (χ3v) is 3.36. The SMILES string of the molecule is CNC1CCCCCCC1(C)C. The van der Waals surface area contributed by atoms with E-state index in [2.05, 4.69) is 26.2 Å². The highest BCUT2D eigenvalue weighted by molar-refractivity contribution is 4.84. The zero-order chi connectivity index (χ0) is 9.03. The molecule has 1 N–H and O–H groups in total. The van der Waals surface area contributed by atoms with E-state index in [-0.39, 0.29) is 0 Å². The minimum absolute atomic E-state index is 0.509. The Morgan fingerprint density at radius 3 is 2.42 bits per heavy atom. The third-order valence-electron chi connectivity index (χ3n) is 3.36. The summed E-state index contributed by atoms with van der Waals surface area (Å²) in [5.41, 5.74) is 0.509. The Bertz CT molecular complexity index is 129. The molecule has 1 fully saturated rings. The van der Waals surface area contributed by atoms with Crippen LogP contribution >= 0.6 is 0 Å². The predicted molar refractivity (Wildman–Crippen MR) is 54.3 cm³/mol. The first kappa shape index (κ1) is 10.0. The lowest BCUT2D eigenvalue weighted by Gasteiger charge is -2.36. The van der Waals surface area contributed by atoms with Gasteiger partial charge in [0.1, 0.15) is 0 Å². The average molecular weight is 169 g/mol. The van der Waals surface area contributed by atoms with Crippen molar-refractivity contribution in [3.8, 4) is 0 Å². The van der Waals surface area contributed by atoms with E-state index in [0.29, 0.717) is 5.41 Å². The second-order valence-electron chi connectivity index (χ2n) is 4.78. The number of hydrogen-bond donors (Lipinski definition) is 1. The van der Waals surface area contributed by atoms with E-state index in [4.69, 9.17) is 0 Å². The molecule has 1 heteroatoms. The summed E-state index contributed by atoms with van der Waals surface area (Å²) < 4.78 is 0. The van der Waals surface area contributed by atoms with Crippen LogP contribution in [-0.4, -0.2) is 13.1 Å². The molecule has 1 atom stereocenters. The van der Waals surface area contributed by atoms with Gasteiger partial charge >= 0.3 is 0 Å². The van der Waals surface area contributed by atoms with Crippen LogP contribution in [0.25, 0.3) is 0 Å². The van der Waals surface area contributed by atoms with Gasteiger partial charge in [-0.1, -0.05) is 39.5 Å². The highest BCUT2D eigenvalue weighted by Gasteiger charge is 2.28. The second-order valence-corrected chi connectivity index (χ2v) is 4.78. The van der Waals surface area contributed by atoms with E-state index >= 15 is 0 Å². The van der Waals surface area contributed by atoms with E-state index in [1.165, 1.54) is 38.5 Å². The smallest absolute Gasteiger partial charge is 0.0115 e. The van der Waals surface area contributed by atoms with Gasteiger partial charge in [0.2, 0.25) is 0 Å². The lowest BCUT2D eigenvalue weighted by Crippen LogP contribution is -2.40. The van der Waals surface area contributed by atoms with Crippen LogP contribution in [0.3, 0.4) is 0 Å². The summed E-state index contributed by atoms with van der Waals surface area (Å²) >= 11 is 0. The highest BCUT2D eigenvalue weighted by atomic mass is 14.9. The molecule has 1 rings (SSSR count). The molecular weight excluding hydrogens is 146 g/mol. The first-order chi connectivity index (χ1) is 5.67. The molecule has 0 aliphatic heterocycles. The van der Waals surface area contributed by atoms with Crippen LogP contribution in [0, 0.1) is 5.41 Å². The fourth-order valence-corrected chi connectivity index (χ4v) is 2.38. The number of hydrogen-bond acceptors (Lipinski definition) is 1. The monoisotopic (exact) mass is 169 g/mol. The van der Waals surface area contributed by atoms with Crippen LogP contribution in [-0.2, 0) is 0 Å². The first-order valence-electron chi connectivity index (χ1n) is 5.34. The number of rotatable bonds is 1. The molecule has 1 aliphatic carbocycles. The van der Waals surface area contributed by atoms with Crippen molar-refractivity contribution in [3.63, 3.8) is 0 Å². The normalized spacial score (nSPS) is 30.8. The molecule has 0 radical (unpaired) electrons. The summed E-state index contributed by atoms with van der Waals surface area (Å²) in [5, 5.41) is 3.46. The van der Waals surface area contributed by atoms with Crippen molar-refractivity contribution < 1.29 is 0 Å². The molecular formula is C11H23N. The molecule has 0 aromatic carbocycles. The fraction of sp³-hybridized carbons (Fsp3) is 1.00. The summed E-state index contributed by atoms with van der Waals surface area (Å²) in [6.45, 7) is 4.80. The van der Waals surface area contributed by atoms with E-state index in [1.54, 1.807) is 0 Å².